The van der Waals surface area contributed by atoms with Crippen LogP contribution in [0.3, 0.4) is 0 Å². The van der Waals surface area contributed by atoms with Crippen LogP contribution in [0.15, 0.2) is 42.5 Å². The number of hydrogen-bond donors (Lipinski definition) is 1. The Hall–Kier alpha value is -2.69. The van der Waals surface area contributed by atoms with Crippen LogP contribution in [0.25, 0.3) is 10.8 Å². The Kier molecular flexibility index (Phi) is 7.16. The van der Waals surface area contributed by atoms with Gasteiger partial charge in [-0.25, -0.2) is 0 Å². The Morgan fingerprint density at radius 3 is 2.70 bits per heavy atom. The van der Waals surface area contributed by atoms with Gasteiger partial charge in [0.1, 0.15) is 5.78 Å². The quantitative estimate of drug-likeness (QED) is 0.638. The predicted molar refractivity (Wildman–Crippen MR) is 131 cm³/mol. The number of fused-ring (bicyclic) bond motifs is 1. The lowest BCUT2D eigenvalue weighted by atomic mass is 9.83. The van der Waals surface area contributed by atoms with Crippen molar-refractivity contribution in [3.05, 3.63) is 48.0 Å². The molecular formula is C28H36N2O3. The highest BCUT2D eigenvalue weighted by Crippen LogP contribution is 2.33. The zero-order chi connectivity index (χ0) is 23.4. The Labute approximate surface area is 196 Å². The van der Waals surface area contributed by atoms with Gasteiger partial charge in [0.05, 0.1) is 0 Å². The first-order valence-electron chi connectivity index (χ1n) is 12.4. The average Bonchev–Trinajstić information content (AvgIpc) is 3.18. The molecule has 4 rings (SSSR count). The normalized spacial score (nSPS) is 23.2. The second-order valence-corrected chi connectivity index (χ2v) is 10.4. The van der Waals surface area contributed by atoms with Gasteiger partial charge in [0.2, 0.25) is 11.8 Å². The van der Waals surface area contributed by atoms with Gasteiger partial charge in [-0.2, -0.15) is 0 Å². The molecule has 33 heavy (non-hydrogen) atoms. The second-order valence-electron chi connectivity index (χ2n) is 10.4. The SMILES string of the molecule is CC(C)CC(=O)[C@@H]1CCCN(C(=O)CC[C@]2(Cc3cccc4ccccc34)CCC(=O)N2)C1. The van der Waals surface area contributed by atoms with E-state index in [-0.39, 0.29) is 29.1 Å². The number of carbonyl (C=O) groups is 3. The molecule has 2 aliphatic rings. The van der Waals surface area contributed by atoms with E-state index in [1.807, 2.05) is 17.0 Å². The van der Waals surface area contributed by atoms with E-state index < -0.39 is 0 Å². The van der Waals surface area contributed by atoms with Crippen LogP contribution < -0.4 is 5.32 Å². The van der Waals surface area contributed by atoms with Gasteiger partial charge in [0.25, 0.3) is 0 Å². The molecule has 2 atom stereocenters. The van der Waals surface area contributed by atoms with Crippen LogP contribution >= 0.6 is 0 Å². The topological polar surface area (TPSA) is 66.5 Å². The minimum absolute atomic E-state index is 0.0269. The Bertz CT molecular complexity index is 1030. The number of rotatable bonds is 8. The number of likely N-dealkylation sites (tertiary alicyclic amines) is 1. The van der Waals surface area contributed by atoms with Gasteiger partial charge in [-0.15, -0.1) is 0 Å². The zero-order valence-corrected chi connectivity index (χ0v) is 19.9. The fourth-order valence-corrected chi connectivity index (χ4v) is 5.53. The molecule has 2 aliphatic heterocycles. The van der Waals surface area contributed by atoms with E-state index in [4.69, 9.17) is 0 Å². The number of benzene rings is 2. The summed E-state index contributed by atoms with van der Waals surface area (Å²) in [4.78, 5) is 39.8. The molecule has 1 N–H and O–H groups in total. The van der Waals surface area contributed by atoms with Crippen molar-refractivity contribution in [3.8, 4) is 0 Å². The highest BCUT2D eigenvalue weighted by Gasteiger charge is 2.39. The van der Waals surface area contributed by atoms with Gasteiger partial charge in [-0.05, 0) is 54.4 Å². The summed E-state index contributed by atoms with van der Waals surface area (Å²) < 4.78 is 0. The average molecular weight is 449 g/mol. The maximum Gasteiger partial charge on any atom is 0.222 e. The van der Waals surface area contributed by atoms with Gasteiger partial charge < -0.3 is 10.2 Å². The molecule has 0 bridgehead atoms. The maximum atomic E-state index is 13.1. The fraction of sp³-hybridized carbons (Fsp3) is 0.536. The number of Topliss-reactive ketones (excluding diaryl/α,β-unsaturated/α-hetero) is 1. The predicted octanol–water partition coefficient (Wildman–Crippen LogP) is 4.67. The molecule has 2 heterocycles. The third-order valence-corrected chi connectivity index (χ3v) is 7.30. The van der Waals surface area contributed by atoms with E-state index in [0.29, 0.717) is 38.1 Å². The first-order valence-corrected chi connectivity index (χ1v) is 12.4. The summed E-state index contributed by atoms with van der Waals surface area (Å²) in [7, 11) is 0. The lowest BCUT2D eigenvalue weighted by Gasteiger charge is -2.34. The van der Waals surface area contributed by atoms with Gasteiger partial charge in [-0.3, -0.25) is 14.4 Å². The maximum absolute atomic E-state index is 13.1. The van der Waals surface area contributed by atoms with E-state index in [0.717, 1.165) is 32.2 Å². The summed E-state index contributed by atoms with van der Waals surface area (Å²) in [6.07, 6.45) is 5.37. The lowest BCUT2D eigenvalue weighted by molar-refractivity contribution is -0.136. The molecule has 0 radical (unpaired) electrons. The van der Waals surface area contributed by atoms with Crippen LogP contribution in [0.5, 0.6) is 0 Å². The van der Waals surface area contributed by atoms with Gasteiger partial charge in [0, 0.05) is 43.8 Å². The standard InChI is InChI=1S/C28H36N2O3/c1-20(2)17-25(31)23-10-6-16-30(19-23)27(33)13-15-28(14-12-26(32)29-28)18-22-9-5-8-21-7-3-4-11-24(21)22/h3-5,7-9,11,20,23H,6,10,12-19H2,1-2H3,(H,29,32)/t23-,28+/m1/s1. The Balaban J connectivity index is 1.43. The molecule has 5 heteroatoms. The molecule has 2 amide bonds. The van der Waals surface area contributed by atoms with Crippen molar-refractivity contribution in [1.82, 2.24) is 10.2 Å². The molecule has 0 aromatic heterocycles. The molecule has 0 spiro atoms. The van der Waals surface area contributed by atoms with Crippen LogP contribution in [0, 0.1) is 11.8 Å². The molecule has 2 aromatic rings. The third kappa shape index (κ3) is 5.63. The van der Waals surface area contributed by atoms with Crippen molar-refractivity contribution >= 4 is 28.4 Å². The highest BCUT2D eigenvalue weighted by atomic mass is 16.2. The number of carbonyl (C=O) groups excluding carboxylic acids is 3. The summed E-state index contributed by atoms with van der Waals surface area (Å²) in [5.41, 5.74) is 0.819. The van der Waals surface area contributed by atoms with E-state index >= 15 is 0 Å². The minimum atomic E-state index is -0.389. The second kappa shape index (κ2) is 10.1. The molecule has 0 saturated carbocycles. The minimum Gasteiger partial charge on any atom is -0.350 e. The number of nitrogens with zero attached hydrogens (tertiary/aromatic N) is 1. The van der Waals surface area contributed by atoms with E-state index in [9.17, 15) is 14.4 Å². The van der Waals surface area contributed by atoms with Crippen molar-refractivity contribution in [1.29, 1.82) is 0 Å². The molecule has 2 saturated heterocycles. The van der Waals surface area contributed by atoms with Gasteiger partial charge in [-0.1, -0.05) is 56.3 Å². The third-order valence-electron chi connectivity index (χ3n) is 7.30. The molecule has 2 aromatic carbocycles. The first kappa shape index (κ1) is 23.5. The lowest BCUT2D eigenvalue weighted by Crippen LogP contribution is -2.46. The number of amides is 2. The van der Waals surface area contributed by atoms with Crippen LogP contribution in [-0.4, -0.2) is 41.1 Å². The number of nitrogens with one attached hydrogen (secondary N) is 1. The largest absolute Gasteiger partial charge is 0.350 e. The van der Waals surface area contributed by atoms with E-state index in [2.05, 4.69) is 49.5 Å². The summed E-state index contributed by atoms with van der Waals surface area (Å²) in [5.74, 6) is 0.790. The van der Waals surface area contributed by atoms with Gasteiger partial charge >= 0.3 is 0 Å². The molecule has 2 fully saturated rings. The summed E-state index contributed by atoms with van der Waals surface area (Å²) in [6.45, 7) is 5.41. The van der Waals surface area contributed by atoms with Crippen molar-refractivity contribution in [2.24, 2.45) is 11.8 Å². The molecule has 0 unspecified atom stereocenters. The van der Waals surface area contributed by atoms with Crippen LogP contribution in [0.2, 0.25) is 0 Å². The van der Waals surface area contributed by atoms with E-state index in [1.54, 1.807) is 0 Å². The molecule has 5 nitrogen and oxygen atoms in total. The molecule has 176 valence electrons. The van der Waals surface area contributed by atoms with Crippen LogP contribution in [0.1, 0.15) is 64.4 Å². The smallest absolute Gasteiger partial charge is 0.222 e. The number of ketones is 1. The summed E-state index contributed by atoms with van der Waals surface area (Å²) >= 11 is 0. The van der Waals surface area contributed by atoms with E-state index in [1.165, 1.54) is 16.3 Å². The Morgan fingerprint density at radius 1 is 1.15 bits per heavy atom. The Morgan fingerprint density at radius 2 is 1.94 bits per heavy atom. The first-order chi connectivity index (χ1) is 15.8. The summed E-state index contributed by atoms with van der Waals surface area (Å²) in [5, 5.41) is 5.62. The number of hydrogen-bond acceptors (Lipinski definition) is 3. The van der Waals surface area contributed by atoms with Crippen LogP contribution in [0.4, 0.5) is 0 Å². The number of piperidine rings is 1. The molecular weight excluding hydrogens is 412 g/mol. The van der Waals surface area contributed by atoms with Crippen LogP contribution in [-0.2, 0) is 20.8 Å². The fourth-order valence-electron chi connectivity index (χ4n) is 5.53. The monoisotopic (exact) mass is 448 g/mol. The van der Waals surface area contributed by atoms with Crippen molar-refractivity contribution in [3.63, 3.8) is 0 Å². The molecule has 0 aliphatic carbocycles. The zero-order valence-electron chi connectivity index (χ0n) is 19.9. The van der Waals surface area contributed by atoms with Crippen molar-refractivity contribution < 1.29 is 14.4 Å². The highest BCUT2D eigenvalue weighted by molar-refractivity contribution is 5.86. The van der Waals surface area contributed by atoms with Crippen molar-refractivity contribution in [2.75, 3.05) is 13.1 Å². The van der Waals surface area contributed by atoms with Gasteiger partial charge in [0.15, 0.2) is 0 Å². The summed E-state index contributed by atoms with van der Waals surface area (Å²) in [6, 6.07) is 14.6. The van der Waals surface area contributed by atoms with Crippen molar-refractivity contribution in [2.45, 2.75) is 70.8 Å².